The Morgan fingerprint density at radius 1 is 0.757 bits per heavy atom. The number of rotatable bonds is 9. The summed E-state index contributed by atoms with van der Waals surface area (Å²) in [5.41, 5.74) is 3.54. The van der Waals surface area contributed by atoms with Crippen LogP contribution in [-0.4, -0.2) is 35.5 Å². The van der Waals surface area contributed by atoms with Crippen LogP contribution in [0.1, 0.15) is 24.0 Å². The molecule has 0 unspecified atom stereocenters. The number of piperidine rings is 1. The lowest BCUT2D eigenvalue weighted by Crippen LogP contribution is -2.43. The van der Waals surface area contributed by atoms with E-state index in [2.05, 4.69) is 4.90 Å². The van der Waals surface area contributed by atoms with Crippen molar-refractivity contribution in [1.82, 2.24) is 4.98 Å². The summed E-state index contributed by atoms with van der Waals surface area (Å²) in [5, 5.41) is 9.30. The average molecular weight is 499 g/mol. The summed E-state index contributed by atoms with van der Waals surface area (Å²) in [5.74, 6) is 1.00. The Labute approximate surface area is 217 Å². The molecule has 1 saturated heterocycles. The van der Waals surface area contributed by atoms with Crippen LogP contribution in [0.25, 0.3) is 11.1 Å². The van der Waals surface area contributed by atoms with E-state index in [1.54, 1.807) is 0 Å². The zero-order chi connectivity index (χ0) is 25.5. The number of aliphatic hydroxyl groups is 1. The van der Waals surface area contributed by atoms with Gasteiger partial charge in [-0.1, -0.05) is 72.8 Å². The normalized spacial score (nSPS) is 14.8. The number of benzene rings is 3. The number of alkyl halides is 1. The Kier molecular flexibility index (Phi) is 7.66. The molecule has 0 bridgehead atoms. The molecule has 1 aromatic heterocycles. The first-order valence-corrected chi connectivity index (χ1v) is 12.6. The minimum atomic E-state index is -1.46. The molecule has 5 rings (SSSR count). The van der Waals surface area contributed by atoms with E-state index in [9.17, 15) is 9.50 Å². The highest BCUT2D eigenvalue weighted by atomic mass is 19.1. The number of halogens is 1. The average Bonchev–Trinajstić information content (AvgIpc) is 2.97. The number of ether oxygens (including phenoxy) is 2. The second kappa shape index (κ2) is 11.4. The Morgan fingerprint density at radius 3 is 1.95 bits per heavy atom. The molecule has 3 aromatic carbocycles. The third-order valence-electron chi connectivity index (χ3n) is 6.77. The van der Waals surface area contributed by atoms with Gasteiger partial charge in [0.25, 0.3) is 0 Å². The molecule has 0 saturated carbocycles. The first-order chi connectivity index (χ1) is 18.1. The fourth-order valence-corrected chi connectivity index (χ4v) is 4.47. The maximum Gasteiger partial charge on any atom is 0.225 e. The summed E-state index contributed by atoms with van der Waals surface area (Å²) in [6.07, 6.45) is 0.661. The lowest BCUT2D eigenvalue weighted by Gasteiger charge is -2.36. The molecule has 4 aromatic rings. The van der Waals surface area contributed by atoms with Gasteiger partial charge >= 0.3 is 0 Å². The molecule has 1 aliphatic rings. The van der Waals surface area contributed by atoms with Crippen LogP contribution in [0.4, 0.5) is 10.1 Å². The molecule has 190 valence electrons. The van der Waals surface area contributed by atoms with Gasteiger partial charge in [-0.3, -0.25) is 0 Å². The molecule has 6 heteroatoms. The van der Waals surface area contributed by atoms with Gasteiger partial charge in [0, 0.05) is 43.2 Å². The molecule has 1 aliphatic heterocycles. The van der Waals surface area contributed by atoms with Crippen LogP contribution in [0.5, 0.6) is 11.8 Å². The van der Waals surface area contributed by atoms with Gasteiger partial charge in [-0.25, -0.2) is 4.39 Å². The number of hydrogen-bond donors (Lipinski definition) is 1. The van der Waals surface area contributed by atoms with E-state index in [0.29, 0.717) is 50.9 Å². The van der Waals surface area contributed by atoms with Crippen molar-refractivity contribution in [3.63, 3.8) is 0 Å². The van der Waals surface area contributed by atoms with Crippen LogP contribution in [-0.2, 0) is 13.2 Å². The van der Waals surface area contributed by atoms with E-state index >= 15 is 0 Å². The molecular weight excluding hydrogens is 467 g/mol. The van der Waals surface area contributed by atoms with Crippen LogP contribution in [0.15, 0.2) is 97.1 Å². The van der Waals surface area contributed by atoms with Crippen LogP contribution in [0.3, 0.4) is 0 Å². The lowest BCUT2D eigenvalue weighted by molar-refractivity contribution is 0.0481. The van der Waals surface area contributed by atoms with Gasteiger partial charge in [0.2, 0.25) is 11.8 Å². The molecule has 1 N–H and O–H groups in total. The Bertz CT molecular complexity index is 1280. The van der Waals surface area contributed by atoms with Crippen molar-refractivity contribution in [2.24, 2.45) is 0 Å². The van der Waals surface area contributed by atoms with Gasteiger partial charge in [-0.15, -0.1) is 0 Å². The van der Waals surface area contributed by atoms with E-state index in [0.717, 1.165) is 27.9 Å². The quantitative estimate of drug-likeness (QED) is 0.297. The molecular formula is C31H31FN2O3. The number of hydrogen-bond acceptors (Lipinski definition) is 5. The molecule has 0 radical (unpaired) electrons. The smallest absolute Gasteiger partial charge is 0.225 e. The lowest BCUT2D eigenvalue weighted by atomic mass is 9.94. The summed E-state index contributed by atoms with van der Waals surface area (Å²) in [6, 6.07) is 32.0. The summed E-state index contributed by atoms with van der Waals surface area (Å²) in [7, 11) is 0. The fourth-order valence-electron chi connectivity index (χ4n) is 4.47. The molecule has 0 spiro atoms. The third-order valence-corrected chi connectivity index (χ3v) is 6.77. The van der Waals surface area contributed by atoms with Gasteiger partial charge in [-0.05, 0) is 34.9 Å². The van der Waals surface area contributed by atoms with E-state index in [-0.39, 0.29) is 0 Å². The molecule has 0 atom stereocenters. The Balaban J connectivity index is 1.34. The molecule has 1 fully saturated rings. The SMILES string of the molecule is OCC1(F)CCN(c2ccc(-c3ccc(OCc4ccccc4)nc3OCc3ccccc3)cc2)CC1. The van der Waals surface area contributed by atoms with E-state index in [1.807, 2.05) is 97.1 Å². The number of aliphatic hydroxyl groups excluding tert-OH is 1. The molecule has 0 aliphatic carbocycles. The minimum absolute atomic E-state index is 0.330. The van der Waals surface area contributed by atoms with Crippen molar-refractivity contribution in [1.29, 1.82) is 0 Å². The highest BCUT2D eigenvalue weighted by molar-refractivity contribution is 5.71. The van der Waals surface area contributed by atoms with E-state index in [1.165, 1.54) is 0 Å². The van der Waals surface area contributed by atoms with Crippen LogP contribution in [0.2, 0.25) is 0 Å². The number of anilines is 1. The second-order valence-electron chi connectivity index (χ2n) is 9.39. The number of aromatic nitrogens is 1. The topological polar surface area (TPSA) is 54.8 Å². The van der Waals surface area contributed by atoms with Gasteiger partial charge in [0.1, 0.15) is 18.9 Å². The number of pyridine rings is 1. The molecule has 2 heterocycles. The van der Waals surface area contributed by atoms with Crippen LogP contribution < -0.4 is 14.4 Å². The van der Waals surface area contributed by atoms with Crippen molar-refractivity contribution < 1.29 is 19.0 Å². The van der Waals surface area contributed by atoms with Gasteiger partial charge in [0.15, 0.2) is 0 Å². The zero-order valence-corrected chi connectivity index (χ0v) is 20.7. The van der Waals surface area contributed by atoms with Crippen LogP contribution >= 0.6 is 0 Å². The first kappa shape index (κ1) is 24.8. The summed E-state index contributed by atoms with van der Waals surface area (Å²) < 4.78 is 26.5. The van der Waals surface area contributed by atoms with Gasteiger partial charge < -0.3 is 19.5 Å². The predicted octanol–water partition coefficient (Wildman–Crippen LogP) is 6.21. The van der Waals surface area contributed by atoms with Crippen molar-refractivity contribution in [3.05, 3.63) is 108 Å². The number of nitrogens with zero attached hydrogens (tertiary/aromatic N) is 2. The Hall–Kier alpha value is -3.90. The summed E-state index contributed by atoms with van der Waals surface area (Å²) in [4.78, 5) is 6.85. The third kappa shape index (κ3) is 6.27. The highest BCUT2D eigenvalue weighted by Crippen LogP contribution is 2.34. The maximum atomic E-state index is 14.4. The minimum Gasteiger partial charge on any atom is -0.473 e. The van der Waals surface area contributed by atoms with E-state index in [4.69, 9.17) is 14.5 Å². The maximum absolute atomic E-state index is 14.4. The molecule has 0 amide bonds. The largest absolute Gasteiger partial charge is 0.473 e. The second-order valence-corrected chi connectivity index (χ2v) is 9.39. The zero-order valence-electron chi connectivity index (χ0n) is 20.7. The van der Waals surface area contributed by atoms with Crippen molar-refractivity contribution in [2.45, 2.75) is 31.7 Å². The monoisotopic (exact) mass is 498 g/mol. The van der Waals surface area contributed by atoms with Crippen molar-refractivity contribution >= 4 is 5.69 Å². The van der Waals surface area contributed by atoms with Crippen molar-refractivity contribution in [3.8, 4) is 22.9 Å². The molecule has 37 heavy (non-hydrogen) atoms. The van der Waals surface area contributed by atoms with Gasteiger partial charge in [-0.2, -0.15) is 4.98 Å². The van der Waals surface area contributed by atoms with Crippen molar-refractivity contribution in [2.75, 3.05) is 24.6 Å². The fraction of sp³-hybridized carbons (Fsp3) is 0.258. The first-order valence-electron chi connectivity index (χ1n) is 12.6. The molecule has 5 nitrogen and oxygen atoms in total. The summed E-state index contributed by atoms with van der Waals surface area (Å²) >= 11 is 0. The van der Waals surface area contributed by atoms with Gasteiger partial charge in [0.05, 0.1) is 6.61 Å². The summed E-state index contributed by atoms with van der Waals surface area (Å²) in [6.45, 7) is 1.56. The predicted molar refractivity (Wildman–Crippen MR) is 144 cm³/mol. The highest BCUT2D eigenvalue weighted by Gasteiger charge is 2.33. The van der Waals surface area contributed by atoms with Crippen LogP contribution in [0, 0.1) is 0 Å². The van der Waals surface area contributed by atoms with E-state index < -0.39 is 12.3 Å². The standard InChI is InChI=1S/C31H31FN2O3/c32-31(23-35)17-19-34(20-18-31)27-13-11-26(12-14-27)28-15-16-29(36-21-24-7-3-1-4-8-24)33-30(28)37-22-25-9-5-2-6-10-25/h1-16,35H,17-23H2. The Morgan fingerprint density at radius 2 is 1.35 bits per heavy atom.